The molecule has 0 saturated carbocycles. The zero-order valence-electron chi connectivity index (χ0n) is 18.7. The Bertz CT molecular complexity index is 937. The maximum absolute atomic E-state index is 13.4. The molecule has 1 aliphatic heterocycles. The van der Waals surface area contributed by atoms with Crippen molar-refractivity contribution in [1.29, 1.82) is 0 Å². The minimum Gasteiger partial charge on any atom is -0.480 e. The molecule has 8 heteroatoms. The lowest BCUT2D eigenvalue weighted by Gasteiger charge is -2.32. The Morgan fingerprint density at radius 3 is 2.55 bits per heavy atom. The predicted molar refractivity (Wildman–Crippen MR) is 129 cm³/mol. The van der Waals surface area contributed by atoms with E-state index in [1.165, 1.54) is 4.90 Å². The summed E-state index contributed by atoms with van der Waals surface area (Å²) in [6.07, 6.45) is 3.11. The first-order chi connectivity index (χ1) is 15.5. The van der Waals surface area contributed by atoms with Crippen LogP contribution in [0, 0.1) is 0 Å². The number of rotatable bonds is 9. The highest BCUT2D eigenvalue weighted by Gasteiger charge is 2.33. The van der Waals surface area contributed by atoms with Gasteiger partial charge in [0.15, 0.2) is 0 Å². The van der Waals surface area contributed by atoms with Crippen LogP contribution in [-0.4, -0.2) is 48.2 Å². The number of carbonyl (C=O) groups is 3. The summed E-state index contributed by atoms with van der Waals surface area (Å²) in [4.78, 5) is 38.9. The van der Waals surface area contributed by atoms with Gasteiger partial charge in [0, 0.05) is 5.69 Å². The third kappa shape index (κ3) is 7.30. The maximum Gasteiger partial charge on any atom is 0.323 e. The van der Waals surface area contributed by atoms with Gasteiger partial charge in [-0.25, -0.2) is 0 Å². The van der Waals surface area contributed by atoms with Crippen molar-refractivity contribution >= 4 is 35.9 Å². The van der Waals surface area contributed by atoms with Gasteiger partial charge < -0.3 is 9.84 Å². The van der Waals surface area contributed by atoms with Crippen LogP contribution >= 0.6 is 12.4 Å². The number of amides is 1. The molecule has 0 bridgehead atoms. The van der Waals surface area contributed by atoms with Crippen LogP contribution in [0.15, 0.2) is 54.6 Å². The SMILES string of the molecule is CCOC(=O)[C@H](CCc1ccccc1)N[C@H]1CCCc2ccccc2N(CC(=O)O)C1=O.Cl. The van der Waals surface area contributed by atoms with Crippen LogP contribution in [0.3, 0.4) is 0 Å². The van der Waals surface area contributed by atoms with E-state index in [1.54, 1.807) is 19.1 Å². The Balaban J connectivity index is 0.00000385. The molecule has 0 aliphatic carbocycles. The highest BCUT2D eigenvalue weighted by molar-refractivity contribution is 6.01. The molecule has 0 aromatic heterocycles. The molecule has 0 unspecified atom stereocenters. The predicted octanol–water partition coefficient (Wildman–Crippen LogP) is 3.39. The first-order valence-corrected chi connectivity index (χ1v) is 11.1. The quantitative estimate of drug-likeness (QED) is 0.541. The van der Waals surface area contributed by atoms with Gasteiger partial charge in [-0.05, 0) is 56.2 Å². The van der Waals surface area contributed by atoms with Crippen molar-refractivity contribution in [3.05, 3.63) is 65.7 Å². The molecule has 2 aromatic rings. The summed E-state index contributed by atoms with van der Waals surface area (Å²) in [5.41, 5.74) is 2.66. The van der Waals surface area contributed by atoms with Gasteiger partial charge in [-0.3, -0.25) is 24.6 Å². The molecule has 2 aromatic carbocycles. The molecule has 33 heavy (non-hydrogen) atoms. The van der Waals surface area contributed by atoms with Gasteiger partial charge in [0.2, 0.25) is 5.91 Å². The lowest BCUT2D eigenvalue weighted by Crippen LogP contribution is -2.54. The van der Waals surface area contributed by atoms with Gasteiger partial charge in [-0.2, -0.15) is 0 Å². The normalized spacial score (nSPS) is 16.6. The molecule has 2 N–H and O–H groups in total. The van der Waals surface area contributed by atoms with Crippen molar-refractivity contribution in [2.45, 2.75) is 51.1 Å². The zero-order chi connectivity index (χ0) is 22.9. The summed E-state index contributed by atoms with van der Waals surface area (Å²) in [5, 5.41) is 12.6. The third-order valence-electron chi connectivity index (χ3n) is 5.62. The number of hydrogen-bond donors (Lipinski definition) is 2. The largest absolute Gasteiger partial charge is 0.480 e. The van der Waals surface area contributed by atoms with Crippen molar-refractivity contribution in [2.24, 2.45) is 0 Å². The van der Waals surface area contributed by atoms with Crippen molar-refractivity contribution < 1.29 is 24.2 Å². The number of anilines is 1. The second-order valence-corrected chi connectivity index (χ2v) is 7.89. The summed E-state index contributed by atoms with van der Waals surface area (Å²) in [6.45, 7) is 1.57. The fourth-order valence-electron chi connectivity index (χ4n) is 4.08. The van der Waals surface area contributed by atoms with Crippen LogP contribution in [0.1, 0.15) is 37.3 Å². The van der Waals surface area contributed by atoms with Crippen LogP contribution in [0.4, 0.5) is 5.69 Å². The van der Waals surface area contributed by atoms with E-state index >= 15 is 0 Å². The number of carbonyl (C=O) groups excluding carboxylic acids is 2. The Morgan fingerprint density at radius 2 is 1.85 bits per heavy atom. The van der Waals surface area contributed by atoms with E-state index in [4.69, 9.17) is 4.74 Å². The van der Waals surface area contributed by atoms with E-state index in [0.717, 1.165) is 24.0 Å². The molecular weight excluding hydrogens is 444 g/mol. The molecule has 0 radical (unpaired) electrons. The number of aryl methyl sites for hydroxylation is 2. The Labute approximate surface area is 200 Å². The Hall–Kier alpha value is -2.90. The van der Waals surface area contributed by atoms with Gasteiger partial charge in [0.25, 0.3) is 0 Å². The van der Waals surface area contributed by atoms with Gasteiger partial charge in [-0.1, -0.05) is 48.5 Å². The van der Waals surface area contributed by atoms with Crippen molar-refractivity contribution in [3.8, 4) is 0 Å². The van der Waals surface area contributed by atoms with Crippen LogP contribution in [0.5, 0.6) is 0 Å². The van der Waals surface area contributed by atoms with Crippen molar-refractivity contribution in [1.82, 2.24) is 5.32 Å². The second kappa shape index (κ2) is 13.0. The summed E-state index contributed by atoms with van der Waals surface area (Å²) >= 11 is 0. The van der Waals surface area contributed by atoms with Crippen LogP contribution in [-0.2, 0) is 32.0 Å². The maximum atomic E-state index is 13.4. The minimum absolute atomic E-state index is 0. The van der Waals surface area contributed by atoms with Crippen molar-refractivity contribution in [2.75, 3.05) is 18.1 Å². The number of nitrogens with zero attached hydrogens (tertiary/aromatic N) is 1. The standard InChI is InChI=1S/C25H30N2O5.ClH/c1-2-32-25(31)21(16-15-18-9-4-3-5-10-18)26-20-13-8-12-19-11-6-7-14-22(19)27(24(20)30)17-23(28)29;/h3-7,9-11,14,20-21,26H,2,8,12-13,15-17H2,1H3,(H,28,29);1H/t20-,21-;/m0./s1. The molecule has 0 spiro atoms. The number of carboxylic acid groups (broad SMARTS) is 1. The van der Waals surface area contributed by atoms with Gasteiger partial charge in [-0.15, -0.1) is 12.4 Å². The Kier molecular flexibility index (Phi) is 10.4. The molecular formula is C25H31ClN2O5. The highest BCUT2D eigenvalue weighted by atomic mass is 35.5. The van der Waals surface area contributed by atoms with Crippen LogP contribution in [0.25, 0.3) is 0 Å². The second-order valence-electron chi connectivity index (χ2n) is 7.89. The van der Waals surface area contributed by atoms with E-state index in [1.807, 2.05) is 42.5 Å². The third-order valence-corrected chi connectivity index (χ3v) is 5.62. The molecule has 7 nitrogen and oxygen atoms in total. The number of aliphatic carboxylic acids is 1. The van der Waals surface area contributed by atoms with Crippen LogP contribution in [0.2, 0.25) is 0 Å². The number of fused-ring (bicyclic) bond motifs is 1. The summed E-state index contributed by atoms with van der Waals surface area (Å²) < 4.78 is 5.25. The van der Waals surface area contributed by atoms with Gasteiger partial charge in [0.05, 0.1) is 12.6 Å². The zero-order valence-corrected chi connectivity index (χ0v) is 19.6. The van der Waals surface area contributed by atoms with Gasteiger partial charge in [0.1, 0.15) is 12.6 Å². The summed E-state index contributed by atoms with van der Waals surface area (Å²) in [7, 11) is 0. The van der Waals surface area contributed by atoms with E-state index in [0.29, 0.717) is 24.9 Å². The van der Waals surface area contributed by atoms with E-state index in [9.17, 15) is 19.5 Å². The fraction of sp³-hybridized carbons (Fsp3) is 0.400. The monoisotopic (exact) mass is 474 g/mol. The molecule has 1 amide bonds. The average Bonchev–Trinajstić information content (AvgIpc) is 2.79. The minimum atomic E-state index is -1.08. The number of para-hydroxylation sites is 1. The average molecular weight is 475 g/mol. The fourth-order valence-corrected chi connectivity index (χ4v) is 4.08. The number of esters is 1. The lowest BCUT2D eigenvalue weighted by atomic mass is 9.97. The number of hydrogen-bond acceptors (Lipinski definition) is 5. The highest BCUT2D eigenvalue weighted by Crippen LogP contribution is 2.26. The van der Waals surface area contributed by atoms with Gasteiger partial charge >= 0.3 is 11.9 Å². The molecule has 0 fully saturated rings. The molecule has 2 atom stereocenters. The number of nitrogens with one attached hydrogen (secondary N) is 1. The van der Waals surface area contributed by atoms with Crippen LogP contribution < -0.4 is 10.2 Å². The molecule has 3 rings (SSSR count). The Morgan fingerprint density at radius 1 is 1.15 bits per heavy atom. The molecule has 1 heterocycles. The van der Waals surface area contributed by atoms with E-state index < -0.39 is 30.6 Å². The summed E-state index contributed by atoms with van der Waals surface area (Å²) in [6, 6.07) is 15.9. The van der Waals surface area contributed by atoms with E-state index in [2.05, 4.69) is 5.32 Å². The van der Waals surface area contributed by atoms with Crippen molar-refractivity contribution in [3.63, 3.8) is 0 Å². The lowest BCUT2D eigenvalue weighted by molar-refractivity contribution is -0.146. The first-order valence-electron chi connectivity index (χ1n) is 11.1. The number of ether oxygens (including phenoxy) is 1. The first kappa shape index (κ1) is 26.4. The smallest absolute Gasteiger partial charge is 0.323 e. The number of halogens is 1. The number of carboxylic acids is 1. The number of benzene rings is 2. The topological polar surface area (TPSA) is 95.9 Å². The summed E-state index contributed by atoms with van der Waals surface area (Å²) in [5.74, 6) is -1.82. The molecule has 1 aliphatic rings. The van der Waals surface area contributed by atoms with E-state index in [-0.39, 0.29) is 24.9 Å². The molecule has 178 valence electrons. The molecule has 0 saturated heterocycles.